The molecule has 1 amide bonds. The summed E-state index contributed by atoms with van der Waals surface area (Å²) < 4.78 is 5.80. The van der Waals surface area contributed by atoms with Crippen molar-refractivity contribution in [3.05, 3.63) is 33.3 Å². The number of esters is 1. The van der Waals surface area contributed by atoms with Crippen molar-refractivity contribution in [2.24, 2.45) is 5.92 Å². The van der Waals surface area contributed by atoms with Gasteiger partial charge in [-0.2, -0.15) is 0 Å². The summed E-state index contributed by atoms with van der Waals surface area (Å²) in [5.41, 5.74) is 0.535. The van der Waals surface area contributed by atoms with Crippen LogP contribution in [0.2, 0.25) is 5.02 Å². The summed E-state index contributed by atoms with van der Waals surface area (Å²) in [6.45, 7) is 3.22. The van der Waals surface area contributed by atoms with Crippen molar-refractivity contribution >= 4 is 39.4 Å². The molecule has 2 rings (SSSR count). The molecule has 1 aliphatic heterocycles. The van der Waals surface area contributed by atoms with Gasteiger partial charge >= 0.3 is 5.97 Å². The van der Waals surface area contributed by atoms with Crippen LogP contribution in [0.25, 0.3) is 0 Å². The third-order valence-corrected chi connectivity index (χ3v) is 4.73. The number of ether oxygens (including phenoxy) is 1. The Morgan fingerprint density at radius 1 is 1.48 bits per heavy atom. The molecular weight excluding hydrogens is 358 g/mol. The normalized spacial score (nSPS) is 18.4. The highest BCUT2D eigenvalue weighted by Crippen LogP contribution is 2.25. The molecular formula is C15H17BrClNO3. The molecule has 1 aliphatic rings. The largest absolute Gasteiger partial charge is 0.466 e. The lowest BCUT2D eigenvalue weighted by Crippen LogP contribution is -2.42. The predicted molar refractivity (Wildman–Crippen MR) is 84.4 cm³/mol. The van der Waals surface area contributed by atoms with Crippen molar-refractivity contribution in [2.75, 3.05) is 19.7 Å². The van der Waals surface area contributed by atoms with Crippen molar-refractivity contribution < 1.29 is 14.3 Å². The standard InChI is InChI=1S/C15H17BrClNO3/c1-2-21-15(20)11-4-3-7-18(9-11)14(19)10-5-6-12(16)13(17)8-10/h5-6,8,11H,2-4,7,9H2,1H3/t11-/m0/s1. The van der Waals surface area contributed by atoms with Gasteiger partial charge in [-0.15, -0.1) is 0 Å². The van der Waals surface area contributed by atoms with E-state index >= 15 is 0 Å². The fraction of sp³-hybridized carbons (Fsp3) is 0.467. The second kappa shape index (κ2) is 7.27. The van der Waals surface area contributed by atoms with Gasteiger partial charge in [0.25, 0.3) is 5.91 Å². The van der Waals surface area contributed by atoms with Gasteiger partial charge in [-0.3, -0.25) is 9.59 Å². The van der Waals surface area contributed by atoms with E-state index in [1.54, 1.807) is 30.0 Å². The summed E-state index contributed by atoms with van der Waals surface area (Å²) in [7, 11) is 0. The zero-order valence-corrected chi connectivity index (χ0v) is 14.1. The molecule has 4 nitrogen and oxygen atoms in total. The Hall–Kier alpha value is -1.07. The molecule has 0 spiro atoms. The number of likely N-dealkylation sites (tertiary alicyclic amines) is 1. The molecule has 0 unspecified atom stereocenters. The summed E-state index contributed by atoms with van der Waals surface area (Å²) in [5, 5.41) is 0.500. The molecule has 0 bridgehead atoms. The number of amides is 1. The van der Waals surface area contributed by atoms with E-state index in [2.05, 4.69) is 15.9 Å². The number of nitrogens with zero attached hydrogens (tertiary/aromatic N) is 1. The van der Waals surface area contributed by atoms with Crippen LogP contribution in [0.1, 0.15) is 30.1 Å². The number of carbonyl (C=O) groups is 2. The van der Waals surface area contributed by atoms with E-state index in [9.17, 15) is 9.59 Å². The number of hydrogen-bond acceptors (Lipinski definition) is 3. The maximum atomic E-state index is 12.5. The van der Waals surface area contributed by atoms with Gasteiger partial charge in [-0.25, -0.2) is 0 Å². The molecule has 1 aromatic rings. The second-order valence-electron chi connectivity index (χ2n) is 4.97. The third-order valence-electron chi connectivity index (χ3n) is 3.50. The summed E-state index contributed by atoms with van der Waals surface area (Å²) >= 11 is 9.33. The van der Waals surface area contributed by atoms with Crippen LogP contribution in [-0.2, 0) is 9.53 Å². The third kappa shape index (κ3) is 3.98. The van der Waals surface area contributed by atoms with Gasteiger partial charge in [0.05, 0.1) is 17.5 Å². The van der Waals surface area contributed by atoms with Gasteiger partial charge in [0.1, 0.15) is 0 Å². The Bertz CT molecular complexity index is 550. The predicted octanol–water partition coefficient (Wildman–Crippen LogP) is 3.52. The average molecular weight is 375 g/mol. The summed E-state index contributed by atoms with van der Waals surface area (Å²) in [5.74, 6) is -0.546. The van der Waals surface area contributed by atoms with Crippen molar-refractivity contribution in [1.29, 1.82) is 0 Å². The number of hydrogen-bond donors (Lipinski definition) is 0. The van der Waals surface area contributed by atoms with Crippen LogP contribution in [-0.4, -0.2) is 36.5 Å². The van der Waals surface area contributed by atoms with Crippen LogP contribution in [0.5, 0.6) is 0 Å². The van der Waals surface area contributed by atoms with Gasteiger partial charge in [0.2, 0.25) is 0 Å². The molecule has 1 aromatic carbocycles. The number of rotatable bonds is 3. The molecule has 6 heteroatoms. The van der Waals surface area contributed by atoms with E-state index in [0.29, 0.717) is 30.3 Å². The van der Waals surface area contributed by atoms with E-state index in [4.69, 9.17) is 16.3 Å². The zero-order chi connectivity index (χ0) is 15.4. The summed E-state index contributed by atoms with van der Waals surface area (Å²) in [6.07, 6.45) is 1.57. The van der Waals surface area contributed by atoms with Crippen molar-refractivity contribution in [2.45, 2.75) is 19.8 Å². The van der Waals surface area contributed by atoms with E-state index < -0.39 is 0 Å². The monoisotopic (exact) mass is 373 g/mol. The number of carbonyl (C=O) groups excluding carboxylic acids is 2. The molecule has 1 atom stereocenters. The fourth-order valence-electron chi connectivity index (χ4n) is 2.43. The van der Waals surface area contributed by atoms with Crippen molar-refractivity contribution in [1.82, 2.24) is 4.90 Å². The SMILES string of the molecule is CCOC(=O)[C@H]1CCCN(C(=O)c2ccc(Br)c(Cl)c2)C1. The first kappa shape index (κ1) is 16.3. The van der Waals surface area contributed by atoms with Gasteiger partial charge in [-0.05, 0) is 53.9 Å². The van der Waals surface area contributed by atoms with E-state index in [1.807, 2.05) is 0 Å². The van der Waals surface area contributed by atoms with Crippen LogP contribution < -0.4 is 0 Å². The molecule has 21 heavy (non-hydrogen) atoms. The first-order valence-electron chi connectivity index (χ1n) is 6.94. The Morgan fingerprint density at radius 3 is 2.90 bits per heavy atom. The van der Waals surface area contributed by atoms with Gasteiger partial charge in [0, 0.05) is 23.1 Å². The number of halogens is 2. The summed E-state index contributed by atoms with van der Waals surface area (Å²) in [6, 6.07) is 5.12. The molecule has 0 N–H and O–H groups in total. The van der Waals surface area contributed by atoms with Crippen LogP contribution in [0, 0.1) is 5.92 Å². The van der Waals surface area contributed by atoms with E-state index in [1.165, 1.54) is 0 Å². The van der Waals surface area contributed by atoms with E-state index in [0.717, 1.165) is 17.3 Å². The molecule has 0 aromatic heterocycles. The van der Waals surface area contributed by atoms with E-state index in [-0.39, 0.29) is 17.8 Å². The van der Waals surface area contributed by atoms with Crippen molar-refractivity contribution in [3.8, 4) is 0 Å². The Morgan fingerprint density at radius 2 is 2.24 bits per heavy atom. The first-order valence-corrected chi connectivity index (χ1v) is 8.11. The Labute approximate surface area is 137 Å². The Kier molecular flexibility index (Phi) is 5.65. The number of piperidine rings is 1. The quantitative estimate of drug-likeness (QED) is 0.761. The topological polar surface area (TPSA) is 46.6 Å². The molecule has 0 saturated carbocycles. The maximum Gasteiger partial charge on any atom is 0.310 e. The number of benzene rings is 1. The lowest BCUT2D eigenvalue weighted by atomic mass is 9.97. The molecule has 1 saturated heterocycles. The highest BCUT2D eigenvalue weighted by atomic mass is 79.9. The maximum absolute atomic E-state index is 12.5. The van der Waals surface area contributed by atoms with Crippen LogP contribution in [0.15, 0.2) is 22.7 Å². The van der Waals surface area contributed by atoms with Crippen LogP contribution in [0.4, 0.5) is 0 Å². The van der Waals surface area contributed by atoms with Gasteiger partial charge in [-0.1, -0.05) is 11.6 Å². The lowest BCUT2D eigenvalue weighted by molar-refractivity contribution is -0.149. The molecule has 1 heterocycles. The minimum absolute atomic E-state index is 0.0987. The second-order valence-corrected chi connectivity index (χ2v) is 6.23. The molecule has 1 fully saturated rings. The highest BCUT2D eigenvalue weighted by Gasteiger charge is 2.29. The first-order chi connectivity index (χ1) is 10.0. The van der Waals surface area contributed by atoms with Crippen LogP contribution in [0.3, 0.4) is 0 Å². The highest BCUT2D eigenvalue weighted by molar-refractivity contribution is 9.10. The average Bonchev–Trinajstić information content (AvgIpc) is 2.49. The minimum atomic E-state index is -0.228. The molecule has 0 aliphatic carbocycles. The zero-order valence-electron chi connectivity index (χ0n) is 11.8. The fourth-order valence-corrected chi connectivity index (χ4v) is 2.85. The summed E-state index contributed by atoms with van der Waals surface area (Å²) in [4.78, 5) is 26.0. The Balaban J connectivity index is 2.08. The molecule has 0 radical (unpaired) electrons. The minimum Gasteiger partial charge on any atom is -0.466 e. The van der Waals surface area contributed by atoms with Gasteiger partial charge < -0.3 is 9.64 Å². The lowest BCUT2D eigenvalue weighted by Gasteiger charge is -2.31. The van der Waals surface area contributed by atoms with Crippen molar-refractivity contribution in [3.63, 3.8) is 0 Å². The van der Waals surface area contributed by atoms with Crippen LogP contribution >= 0.6 is 27.5 Å². The molecule has 114 valence electrons. The van der Waals surface area contributed by atoms with Gasteiger partial charge in [0.15, 0.2) is 0 Å². The smallest absolute Gasteiger partial charge is 0.310 e.